The molecule has 2 heterocycles. The Morgan fingerprint density at radius 3 is 2.89 bits per heavy atom. The molecule has 1 amide bonds. The molecule has 0 unspecified atom stereocenters. The number of fused-ring (bicyclic) bond motifs is 4. The van der Waals surface area contributed by atoms with Crippen molar-refractivity contribution in [2.45, 2.75) is 31.2 Å². The Morgan fingerprint density at radius 1 is 1.17 bits per heavy atom. The molecule has 0 radical (unpaired) electrons. The minimum Gasteiger partial charge on any atom is -0.490 e. The van der Waals surface area contributed by atoms with Gasteiger partial charge in [0.25, 0.3) is 5.91 Å². The number of pyridine rings is 1. The first-order valence-electron chi connectivity index (χ1n) is 12.0. The van der Waals surface area contributed by atoms with E-state index in [1.807, 2.05) is 48.5 Å². The van der Waals surface area contributed by atoms with Crippen LogP contribution in [0.15, 0.2) is 54.7 Å². The van der Waals surface area contributed by atoms with Gasteiger partial charge in [0.2, 0.25) is 0 Å². The number of ether oxygens (including phenoxy) is 3. The average molecular weight is 470 g/mol. The van der Waals surface area contributed by atoms with E-state index in [1.165, 1.54) is 0 Å². The third-order valence-electron chi connectivity index (χ3n) is 6.91. The van der Waals surface area contributed by atoms with Crippen LogP contribution < -0.4 is 25.3 Å². The fourth-order valence-electron chi connectivity index (χ4n) is 4.73. The van der Waals surface area contributed by atoms with Gasteiger partial charge in [0.1, 0.15) is 11.5 Å². The Hall–Kier alpha value is -3.84. The highest BCUT2D eigenvalue weighted by Crippen LogP contribution is 2.45. The molecule has 2 aliphatic rings. The van der Waals surface area contributed by atoms with Crippen molar-refractivity contribution in [3.8, 4) is 23.0 Å². The molecule has 0 saturated heterocycles. The van der Waals surface area contributed by atoms with Gasteiger partial charge in [-0.3, -0.25) is 9.78 Å². The van der Waals surface area contributed by atoms with Gasteiger partial charge in [-0.05, 0) is 60.4 Å². The van der Waals surface area contributed by atoms with Gasteiger partial charge in [0.15, 0.2) is 11.5 Å². The number of rotatable bonds is 7. The molecular formula is C28H27N3O4. The van der Waals surface area contributed by atoms with Crippen molar-refractivity contribution in [1.82, 2.24) is 10.3 Å². The molecule has 1 fully saturated rings. The first-order valence-corrected chi connectivity index (χ1v) is 12.0. The number of nitrogens with one attached hydrogen (secondary N) is 1. The summed E-state index contributed by atoms with van der Waals surface area (Å²) >= 11 is 0. The molecule has 1 aliphatic carbocycles. The van der Waals surface area contributed by atoms with Gasteiger partial charge >= 0.3 is 0 Å². The lowest BCUT2D eigenvalue weighted by Crippen LogP contribution is -2.24. The molecule has 1 aromatic heterocycles. The maximum absolute atomic E-state index is 12.2. The smallest absolute Gasteiger partial charge is 0.251 e. The second-order valence-electron chi connectivity index (χ2n) is 9.31. The Morgan fingerprint density at radius 2 is 2.06 bits per heavy atom. The summed E-state index contributed by atoms with van der Waals surface area (Å²) in [6, 6.07) is 15.2. The van der Waals surface area contributed by atoms with Crippen LogP contribution in [0.2, 0.25) is 0 Å². The van der Waals surface area contributed by atoms with E-state index >= 15 is 0 Å². The quantitative estimate of drug-likeness (QED) is 0.406. The number of carbonyl (C=O) groups excluding carboxylic acids is 1. The van der Waals surface area contributed by atoms with Crippen molar-refractivity contribution >= 4 is 27.6 Å². The van der Waals surface area contributed by atoms with E-state index in [0.29, 0.717) is 36.0 Å². The number of nitrogens with two attached hydrogens (primary N) is 1. The van der Waals surface area contributed by atoms with Crippen molar-refractivity contribution in [2.75, 3.05) is 20.3 Å². The minimum absolute atomic E-state index is 0.0545. The molecule has 0 spiro atoms. The van der Waals surface area contributed by atoms with Gasteiger partial charge in [0.05, 0.1) is 24.1 Å². The Labute approximate surface area is 203 Å². The predicted octanol–water partition coefficient (Wildman–Crippen LogP) is 4.74. The van der Waals surface area contributed by atoms with Crippen molar-refractivity contribution in [3.05, 3.63) is 65.9 Å². The summed E-state index contributed by atoms with van der Waals surface area (Å²) in [5.41, 5.74) is 8.65. The van der Waals surface area contributed by atoms with Crippen LogP contribution in [0.4, 0.5) is 0 Å². The summed E-state index contributed by atoms with van der Waals surface area (Å²) in [7, 11) is 1.63. The molecule has 3 aromatic carbocycles. The third kappa shape index (κ3) is 4.02. The predicted molar refractivity (Wildman–Crippen MR) is 135 cm³/mol. The number of amides is 1. The van der Waals surface area contributed by atoms with Gasteiger partial charge in [0, 0.05) is 42.4 Å². The van der Waals surface area contributed by atoms with Gasteiger partial charge in [-0.25, -0.2) is 0 Å². The molecule has 1 aliphatic heterocycles. The zero-order valence-corrected chi connectivity index (χ0v) is 19.6. The molecule has 178 valence electrons. The fourth-order valence-corrected chi connectivity index (χ4v) is 4.73. The summed E-state index contributed by atoms with van der Waals surface area (Å²) in [6.45, 7) is 1.15. The normalized spacial score (nSPS) is 15.5. The average Bonchev–Trinajstić information content (AvgIpc) is 3.39. The van der Waals surface area contributed by atoms with E-state index in [-0.39, 0.29) is 11.4 Å². The van der Waals surface area contributed by atoms with E-state index < -0.39 is 0 Å². The monoisotopic (exact) mass is 469 g/mol. The van der Waals surface area contributed by atoms with E-state index in [9.17, 15) is 4.79 Å². The van der Waals surface area contributed by atoms with Gasteiger partial charge in [-0.15, -0.1) is 0 Å². The zero-order valence-electron chi connectivity index (χ0n) is 19.6. The molecule has 4 aromatic rings. The Bertz CT molecular complexity index is 1460. The molecule has 7 nitrogen and oxygen atoms in total. The van der Waals surface area contributed by atoms with E-state index in [0.717, 1.165) is 58.7 Å². The van der Waals surface area contributed by atoms with Crippen LogP contribution in [0.5, 0.6) is 23.0 Å². The van der Waals surface area contributed by atoms with Gasteiger partial charge in [-0.1, -0.05) is 12.1 Å². The maximum atomic E-state index is 12.2. The highest BCUT2D eigenvalue weighted by Gasteiger charge is 2.37. The number of aromatic nitrogens is 1. The molecule has 3 N–H and O–H groups in total. The lowest BCUT2D eigenvalue weighted by molar-refractivity contribution is 0.0964. The maximum Gasteiger partial charge on any atom is 0.251 e. The standard InChI is InChI=1S/C28H27N3O4/c1-30-27(32)20-4-2-3-17-15-18(5-6-19(17)20)35-23-7-12-31-22-16-24(33-14-11-28(29)9-10-28)26-21(25(22)23)8-13-34-26/h2-7,12,15-16H,8-11,13-14,29H2,1H3,(H,30,32). The van der Waals surface area contributed by atoms with Crippen LogP contribution in [-0.4, -0.2) is 36.7 Å². The van der Waals surface area contributed by atoms with E-state index in [4.69, 9.17) is 19.9 Å². The minimum atomic E-state index is -0.114. The van der Waals surface area contributed by atoms with E-state index in [1.54, 1.807) is 13.2 Å². The largest absolute Gasteiger partial charge is 0.490 e. The Balaban J connectivity index is 1.34. The molecule has 0 atom stereocenters. The number of nitrogens with zero attached hydrogens (tertiary/aromatic N) is 1. The first kappa shape index (κ1) is 21.7. The SMILES string of the molecule is CNC(=O)c1cccc2cc(Oc3ccnc4cc(OCCC5(N)CC5)c5c(c34)CCO5)ccc12. The number of hydrogen-bond donors (Lipinski definition) is 2. The van der Waals surface area contributed by atoms with Gasteiger partial charge in [-0.2, -0.15) is 0 Å². The van der Waals surface area contributed by atoms with Crippen LogP contribution in [0.25, 0.3) is 21.7 Å². The van der Waals surface area contributed by atoms with E-state index in [2.05, 4.69) is 10.3 Å². The molecular weight excluding hydrogens is 442 g/mol. The van der Waals surface area contributed by atoms with Gasteiger partial charge < -0.3 is 25.3 Å². The molecule has 6 rings (SSSR count). The highest BCUT2D eigenvalue weighted by atomic mass is 16.5. The number of benzene rings is 3. The van der Waals surface area contributed by atoms with Crippen LogP contribution in [0.1, 0.15) is 35.2 Å². The van der Waals surface area contributed by atoms with Crippen LogP contribution >= 0.6 is 0 Å². The zero-order chi connectivity index (χ0) is 24.0. The van der Waals surface area contributed by atoms with Crippen molar-refractivity contribution < 1.29 is 19.0 Å². The Kier molecular flexibility index (Phi) is 5.22. The second kappa shape index (κ2) is 8.43. The van der Waals surface area contributed by atoms with Crippen LogP contribution in [0, 0.1) is 0 Å². The molecule has 7 heteroatoms. The van der Waals surface area contributed by atoms with Crippen LogP contribution in [0.3, 0.4) is 0 Å². The summed E-state index contributed by atoms with van der Waals surface area (Å²) in [4.78, 5) is 16.8. The third-order valence-corrected chi connectivity index (χ3v) is 6.91. The van der Waals surface area contributed by atoms with Crippen molar-refractivity contribution in [1.29, 1.82) is 0 Å². The van der Waals surface area contributed by atoms with Crippen LogP contribution in [-0.2, 0) is 6.42 Å². The topological polar surface area (TPSA) is 95.7 Å². The molecule has 0 bridgehead atoms. The lowest BCUT2D eigenvalue weighted by atomic mass is 10.0. The highest BCUT2D eigenvalue weighted by molar-refractivity contribution is 6.07. The summed E-state index contributed by atoms with van der Waals surface area (Å²) in [5, 5.41) is 5.43. The number of hydrogen-bond acceptors (Lipinski definition) is 6. The first-order chi connectivity index (χ1) is 17.0. The summed E-state index contributed by atoms with van der Waals surface area (Å²) in [6.07, 6.45) is 5.46. The summed E-state index contributed by atoms with van der Waals surface area (Å²) in [5.74, 6) is 2.77. The summed E-state index contributed by atoms with van der Waals surface area (Å²) < 4.78 is 18.4. The number of carbonyl (C=O) groups is 1. The fraction of sp³-hybridized carbons (Fsp3) is 0.286. The molecule has 35 heavy (non-hydrogen) atoms. The lowest BCUT2D eigenvalue weighted by Gasteiger charge is -2.16. The second-order valence-corrected chi connectivity index (χ2v) is 9.31. The van der Waals surface area contributed by atoms with Crippen molar-refractivity contribution in [2.24, 2.45) is 5.73 Å². The molecule has 1 saturated carbocycles. The van der Waals surface area contributed by atoms with Crippen molar-refractivity contribution in [3.63, 3.8) is 0 Å².